The zero-order valence-corrected chi connectivity index (χ0v) is 5.76. The average Bonchev–Trinajstić information content (AvgIpc) is 2.04. The molecule has 0 atom stereocenters. The lowest BCUT2D eigenvalue weighted by molar-refractivity contribution is 0.282. The predicted molar refractivity (Wildman–Crippen MR) is 38.5 cm³/mol. The van der Waals surface area contributed by atoms with E-state index in [4.69, 9.17) is 5.11 Å². The third kappa shape index (κ3) is 1.25. The normalized spacial score (nSPS) is 9.40. The Morgan fingerprint density at radius 3 is 3.10 bits per heavy atom. The maximum absolute atomic E-state index is 8.76. The van der Waals surface area contributed by atoms with Crippen LogP contribution >= 0.6 is 0 Å². The van der Waals surface area contributed by atoms with E-state index in [1.54, 1.807) is 19.3 Å². The van der Waals surface area contributed by atoms with Gasteiger partial charge in [0.2, 0.25) is 0 Å². The van der Waals surface area contributed by atoms with E-state index in [1.807, 2.05) is 0 Å². The number of aliphatic hydroxyl groups is 1. The first-order valence-electron chi connectivity index (χ1n) is 3.02. The molecular formula is C7H9N2O. The summed E-state index contributed by atoms with van der Waals surface area (Å²) < 4.78 is 0. The molecule has 0 fully saturated rings. The highest BCUT2D eigenvalue weighted by molar-refractivity contribution is 5.46. The number of aromatic nitrogens is 1. The van der Waals surface area contributed by atoms with Gasteiger partial charge in [0.1, 0.15) is 6.20 Å². The third-order valence-corrected chi connectivity index (χ3v) is 1.27. The molecule has 1 heterocycles. The van der Waals surface area contributed by atoms with Crippen LogP contribution in [-0.2, 0) is 6.61 Å². The lowest BCUT2D eigenvalue weighted by atomic mass is 10.2. The van der Waals surface area contributed by atoms with Crippen LogP contribution in [0.4, 0.5) is 5.69 Å². The Labute approximate surface area is 59.7 Å². The molecule has 3 heteroatoms. The van der Waals surface area contributed by atoms with Crippen LogP contribution in [0.5, 0.6) is 0 Å². The van der Waals surface area contributed by atoms with Gasteiger partial charge in [-0.3, -0.25) is 4.98 Å². The summed E-state index contributed by atoms with van der Waals surface area (Å²) in [6, 6.07) is 1.75. The Balaban J connectivity index is 2.96. The van der Waals surface area contributed by atoms with Crippen LogP contribution in [0.3, 0.4) is 0 Å². The summed E-state index contributed by atoms with van der Waals surface area (Å²) in [7, 11) is 1.77. The summed E-state index contributed by atoms with van der Waals surface area (Å²) in [5, 5.41) is 11.6. The number of nitrogens with zero attached hydrogens (tertiary/aromatic N) is 1. The molecule has 0 unspecified atom stereocenters. The monoisotopic (exact) mass is 137 g/mol. The van der Waals surface area contributed by atoms with E-state index in [1.165, 1.54) is 0 Å². The summed E-state index contributed by atoms with van der Waals surface area (Å²) in [5.41, 5.74) is 1.57. The highest BCUT2D eigenvalue weighted by atomic mass is 16.3. The molecule has 0 aliphatic rings. The molecule has 0 aliphatic carbocycles. The van der Waals surface area contributed by atoms with Crippen molar-refractivity contribution in [3.8, 4) is 0 Å². The zero-order valence-electron chi connectivity index (χ0n) is 5.76. The van der Waals surface area contributed by atoms with E-state index in [0.717, 1.165) is 11.3 Å². The summed E-state index contributed by atoms with van der Waals surface area (Å²) in [4.78, 5) is 3.77. The van der Waals surface area contributed by atoms with Crippen LogP contribution < -0.4 is 5.32 Å². The minimum Gasteiger partial charge on any atom is -0.392 e. The molecule has 0 aliphatic heterocycles. The van der Waals surface area contributed by atoms with Crippen molar-refractivity contribution < 1.29 is 5.11 Å². The van der Waals surface area contributed by atoms with Crippen LogP contribution in [-0.4, -0.2) is 17.1 Å². The van der Waals surface area contributed by atoms with Crippen molar-refractivity contribution in [3.05, 3.63) is 24.0 Å². The minimum atomic E-state index is 0.0230. The Morgan fingerprint density at radius 1 is 1.80 bits per heavy atom. The van der Waals surface area contributed by atoms with Gasteiger partial charge in [0.25, 0.3) is 0 Å². The second-order valence-electron chi connectivity index (χ2n) is 1.86. The van der Waals surface area contributed by atoms with Crippen molar-refractivity contribution in [2.24, 2.45) is 0 Å². The fraction of sp³-hybridized carbons (Fsp3) is 0.286. The lowest BCUT2D eigenvalue weighted by Crippen LogP contribution is -1.95. The first kappa shape index (κ1) is 7.02. The molecule has 2 N–H and O–H groups in total. The number of aliphatic hydroxyl groups excluding tert-OH is 1. The summed E-state index contributed by atoms with van der Waals surface area (Å²) >= 11 is 0. The van der Waals surface area contributed by atoms with Crippen LogP contribution in [0.15, 0.2) is 12.3 Å². The first-order chi connectivity index (χ1) is 4.88. The van der Waals surface area contributed by atoms with E-state index < -0.39 is 0 Å². The first-order valence-corrected chi connectivity index (χ1v) is 3.02. The van der Waals surface area contributed by atoms with Crippen molar-refractivity contribution in [1.82, 2.24) is 4.98 Å². The molecule has 53 valence electrons. The number of anilines is 1. The maximum Gasteiger partial charge on any atom is 0.114 e. The van der Waals surface area contributed by atoms with E-state index in [0.29, 0.717) is 0 Å². The van der Waals surface area contributed by atoms with E-state index in [9.17, 15) is 0 Å². The van der Waals surface area contributed by atoms with E-state index in [-0.39, 0.29) is 6.61 Å². The van der Waals surface area contributed by atoms with Gasteiger partial charge in [-0.2, -0.15) is 0 Å². The third-order valence-electron chi connectivity index (χ3n) is 1.27. The fourth-order valence-electron chi connectivity index (χ4n) is 0.732. The number of nitrogens with one attached hydrogen (secondary N) is 1. The number of hydrogen-bond donors (Lipinski definition) is 2. The summed E-state index contributed by atoms with van der Waals surface area (Å²) in [6.45, 7) is 0.0230. The Morgan fingerprint density at radius 2 is 2.60 bits per heavy atom. The molecule has 0 saturated carbocycles. The Kier molecular flexibility index (Phi) is 2.23. The molecule has 1 aromatic rings. The van der Waals surface area contributed by atoms with Crippen LogP contribution in [0.1, 0.15) is 5.56 Å². The van der Waals surface area contributed by atoms with Gasteiger partial charge < -0.3 is 10.4 Å². The average molecular weight is 137 g/mol. The standard InChI is InChI=1S/C7H9N2O/c1-8-7-4-9-3-2-6(7)5-10/h2-3,8,10H,5H2,1H3. The number of pyridine rings is 1. The summed E-state index contributed by atoms with van der Waals surface area (Å²) in [5.74, 6) is 0. The minimum absolute atomic E-state index is 0.0230. The van der Waals surface area contributed by atoms with Crippen molar-refractivity contribution in [2.75, 3.05) is 12.4 Å². The molecule has 0 amide bonds. The van der Waals surface area contributed by atoms with Crippen molar-refractivity contribution in [3.63, 3.8) is 0 Å². The van der Waals surface area contributed by atoms with Gasteiger partial charge in [0.15, 0.2) is 0 Å². The largest absolute Gasteiger partial charge is 0.392 e. The van der Waals surface area contributed by atoms with Gasteiger partial charge in [-0.05, 0) is 6.07 Å². The zero-order chi connectivity index (χ0) is 7.40. The summed E-state index contributed by atoms with van der Waals surface area (Å²) in [6.07, 6.45) is 4.32. The topological polar surface area (TPSA) is 45.2 Å². The second-order valence-corrected chi connectivity index (χ2v) is 1.86. The van der Waals surface area contributed by atoms with Gasteiger partial charge in [0.05, 0.1) is 12.3 Å². The Hall–Kier alpha value is -1.09. The molecule has 1 rings (SSSR count). The van der Waals surface area contributed by atoms with Gasteiger partial charge in [-0.25, -0.2) is 0 Å². The fourth-order valence-corrected chi connectivity index (χ4v) is 0.732. The molecule has 1 radical (unpaired) electrons. The molecule has 0 aromatic carbocycles. The molecular weight excluding hydrogens is 128 g/mol. The maximum atomic E-state index is 8.76. The van der Waals surface area contributed by atoms with Gasteiger partial charge >= 0.3 is 0 Å². The van der Waals surface area contributed by atoms with Crippen LogP contribution in [0.2, 0.25) is 0 Å². The molecule has 0 spiro atoms. The number of rotatable bonds is 2. The van der Waals surface area contributed by atoms with E-state index >= 15 is 0 Å². The van der Waals surface area contributed by atoms with Crippen molar-refractivity contribution in [1.29, 1.82) is 0 Å². The lowest BCUT2D eigenvalue weighted by Gasteiger charge is -2.02. The van der Waals surface area contributed by atoms with Crippen LogP contribution in [0.25, 0.3) is 0 Å². The highest BCUT2D eigenvalue weighted by Crippen LogP contribution is 2.10. The number of hydrogen-bond acceptors (Lipinski definition) is 3. The Bertz CT molecular complexity index is 190. The van der Waals surface area contributed by atoms with Gasteiger partial charge in [-0.15, -0.1) is 0 Å². The van der Waals surface area contributed by atoms with Gasteiger partial charge in [0, 0.05) is 18.8 Å². The predicted octanol–water partition coefficient (Wildman–Crippen LogP) is 0.416. The van der Waals surface area contributed by atoms with Crippen molar-refractivity contribution in [2.45, 2.75) is 6.61 Å². The smallest absolute Gasteiger partial charge is 0.114 e. The molecule has 1 aromatic heterocycles. The molecule has 0 bridgehead atoms. The quantitative estimate of drug-likeness (QED) is 0.620. The molecule has 10 heavy (non-hydrogen) atoms. The van der Waals surface area contributed by atoms with Crippen LogP contribution in [0, 0.1) is 6.20 Å². The highest BCUT2D eigenvalue weighted by Gasteiger charge is 1.96. The van der Waals surface area contributed by atoms with Gasteiger partial charge in [-0.1, -0.05) is 0 Å². The molecule has 3 nitrogen and oxygen atoms in total. The van der Waals surface area contributed by atoms with Crippen molar-refractivity contribution >= 4 is 5.69 Å². The van der Waals surface area contributed by atoms with E-state index in [2.05, 4.69) is 16.5 Å². The second kappa shape index (κ2) is 3.17. The SMILES string of the molecule is CNc1[c]nccc1CO. The molecule has 0 saturated heterocycles.